The molecule has 0 atom stereocenters. The molecule has 4 rings (SSSR count). The zero-order chi connectivity index (χ0) is 25.3. The smallest absolute Gasteiger partial charge is 0.416 e. The summed E-state index contributed by atoms with van der Waals surface area (Å²) < 4.78 is 59.9. The van der Waals surface area contributed by atoms with Crippen LogP contribution in [0.4, 0.5) is 17.6 Å². The molecule has 1 aliphatic carbocycles. The first-order chi connectivity index (χ1) is 16.5. The number of hydrogen-bond acceptors (Lipinski definition) is 3. The van der Waals surface area contributed by atoms with E-state index in [4.69, 9.17) is 16.3 Å². The van der Waals surface area contributed by atoms with Gasteiger partial charge in [0.15, 0.2) is 5.69 Å². The van der Waals surface area contributed by atoms with E-state index in [-0.39, 0.29) is 28.6 Å². The predicted octanol–water partition coefficient (Wildman–Crippen LogP) is 7.57. The van der Waals surface area contributed by atoms with Crippen LogP contribution in [0.15, 0.2) is 48.5 Å². The Labute approximate surface area is 203 Å². The first-order valence-corrected chi connectivity index (χ1v) is 11.1. The molecule has 1 aromatic heterocycles. The van der Waals surface area contributed by atoms with Crippen LogP contribution in [0.3, 0.4) is 0 Å². The highest BCUT2D eigenvalue weighted by Gasteiger charge is 2.32. The lowest BCUT2D eigenvalue weighted by Gasteiger charge is -2.17. The van der Waals surface area contributed by atoms with Crippen molar-refractivity contribution in [2.24, 2.45) is 0 Å². The van der Waals surface area contributed by atoms with Gasteiger partial charge < -0.3 is 9.84 Å². The lowest BCUT2D eigenvalue weighted by atomic mass is 9.96. The summed E-state index contributed by atoms with van der Waals surface area (Å²) in [6, 6.07) is 10.3. The number of pyridine rings is 1. The van der Waals surface area contributed by atoms with Gasteiger partial charge in [-0.15, -0.1) is 0 Å². The largest absolute Gasteiger partial charge is 0.488 e. The Morgan fingerprint density at radius 2 is 1.83 bits per heavy atom. The molecule has 2 aromatic carbocycles. The number of allylic oxidation sites excluding steroid dienone is 2. The summed E-state index contributed by atoms with van der Waals surface area (Å²) in [6.07, 6.45) is -2.89. The number of benzene rings is 2. The van der Waals surface area contributed by atoms with Crippen LogP contribution in [-0.2, 0) is 12.8 Å². The number of nitrogens with zero attached hydrogens (tertiary/aromatic N) is 1. The van der Waals surface area contributed by atoms with Gasteiger partial charge in [-0.3, -0.25) is 0 Å². The van der Waals surface area contributed by atoms with Gasteiger partial charge in [-0.1, -0.05) is 23.7 Å². The molecule has 0 aliphatic heterocycles. The maximum atomic E-state index is 13.5. The number of carboxylic acid groups (broad SMARTS) is 1. The van der Waals surface area contributed by atoms with E-state index in [0.29, 0.717) is 47.2 Å². The minimum absolute atomic E-state index is 0.0773. The molecular formula is C26H20ClF4NO3. The SMILES string of the molecule is Cc1ccc(C2=C(c3cc(C(F)(F)F)ccc3OCc3ccc(F)cc3Cl)CCC2)nc1C(=O)O. The van der Waals surface area contributed by atoms with Gasteiger partial charge in [0.25, 0.3) is 0 Å². The Morgan fingerprint density at radius 3 is 2.51 bits per heavy atom. The summed E-state index contributed by atoms with van der Waals surface area (Å²) in [5.41, 5.74) is 1.98. The van der Waals surface area contributed by atoms with Crippen LogP contribution in [0.5, 0.6) is 5.75 Å². The Bertz CT molecular complexity index is 1330. The van der Waals surface area contributed by atoms with E-state index in [9.17, 15) is 27.5 Å². The average Bonchev–Trinajstić information content (AvgIpc) is 3.27. The van der Waals surface area contributed by atoms with E-state index in [2.05, 4.69) is 4.98 Å². The zero-order valence-corrected chi connectivity index (χ0v) is 19.3. The number of aryl methyl sites for hydroxylation is 1. The third-order valence-electron chi connectivity index (χ3n) is 5.86. The number of aromatic carboxylic acids is 1. The number of halogens is 5. The topological polar surface area (TPSA) is 59.4 Å². The maximum absolute atomic E-state index is 13.5. The number of carbonyl (C=O) groups is 1. The number of ether oxygens (including phenoxy) is 1. The molecule has 9 heteroatoms. The molecule has 0 amide bonds. The molecule has 1 heterocycles. The molecule has 0 saturated heterocycles. The molecule has 1 aliphatic rings. The fourth-order valence-electron chi connectivity index (χ4n) is 4.10. The van der Waals surface area contributed by atoms with Gasteiger partial charge in [-0.05, 0) is 79.3 Å². The standard InChI is InChI=1S/C26H20ClF4NO3/c1-14-5-9-22(32-24(14)25(33)34)19-4-2-3-18(19)20-11-16(26(29,30)31)7-10-23(20)35-13-15-6-8-17(28)12-21(15)27/h5-12H,2-4,13H2,1H3,(H,33,34). The van der Waals surface area contributed by atoms with Crippen LogP contribution in [0.25, 0.3) is 11.1 Å². The summed E-state index contributed by atoms with van der Waals surface area (Å²) in [7, 11) is 0. The highest BCUT2D eigenvalue weighted by Crippen LogP contribution is 2.44. The molecule has 0 radical (unpaired) electrons. The first-order valence-electron chi connectivity index (χ1n) is 10.8. The van der Waals surface area contributed by atoms with Gasteiger partial charge in [0.05, 0.1) is 16.3 Å². The number of aromatic nitrogens is 1. The second-order valence-corrected chi connectivity index (χ2v) is 8.62. The molecule has 0 fully saturated rings. The van der Waals surface area contributed by atoms with E-state index in [1.165, 1.54) is 18.2 Å². The number of alkyl halides is 3. The maximum Gasteiger partial charge on any atom is 0.416 e. The Morgan fingerprint density at radius 1 is 1.09 bits per heavy atom. The van der Waals surface area contributed by atoms with E-state index in [1.807, 2.05) is 0 Å². The van der Waals surface area contributed by atoms with Crippen LogP contribution >= 0.6 is 11.6 Å². The van der Waals surface area contributed by atoms with Crippen LogP contribution in [0.2, 0.25) is 5.02 Å². The molecule has 0 spiro atoms. The average molecular weight is 506 g/mol. The fraction of sp³-hybridized carbons (Fsp3) is 0.231. The number of rotatable bonds is 6. The molecule has 182 valence electrons. The van der Waals surface area contributed by atoms with E-state index in [0.717, 1.165) is 18.2 Å². The second kappa shape index (κ2) is 9.70. The normalized spacial score (nSPS) is 13.9. The van der Waals surface area contributed by atoms with E-state index >= 15 is 0 Å². The summed E-state index contributed by atoms with van der Waals surface area (Å²) in [4.78, 5) is 15.8. The van der Waals surface area contributed by atoms with Gasteiger partial charge >= 0.3 is 12.1 Å². The van der Waals surface area contributed by atoms with Gasteiger partial charge in [0.1, 0.15) is 18.2 Å². The zero-order valence-electron chi connectivity index (χ0n) is 18.5. The highest BCUT2D eigenvalue weighted by molar-refractivity contribution is 6.31. The van der Waals surface area contributed by atoms with Crippen molar-refractivity contribution in [3.8, 4) is 5.75 Å². The van der Waals surface area contributed by atoms with Gasteiger partial charge in [0.2, 0.25) is 0 Å². The van der Waals surface area contributed by atoms with Crippen molar-refractivity contribution in [2.45, 2.75) is 39.0 Å². The summed E-state index contributed by atoms with van der Waals surface area (Å²) in [6.45, 7) is 1.55. The van der Waals surface area contributed by atoms with Crippen molar-refractivity contribution >= 4 is 28.7 Å². The van der Waals surface area contributed by atoms with Crippen LogP contribution in [-0.4, -0.2) is 16.1 Å². The van der Waals surface area contributed by atoms with E-state index < -0.39 is 23.5 Å². The Hall–Kier alpha value is -3.39. The van der Waals surface area contributed by atoms with Crippen LogP contribution in [0, 0.1) is 12.7 Å². The molecule has 4 nitrogen and oxygen atoms in total. The molecule has 3 aromatic rings. The molecule has 0 unspecified atom stereocenters. The summed E-state index contributed by atoms with van der Waals surface area (Å²) in [5.74, 6) is -1.48. The first kappa shape index (κ1) is 24.7. The predicted molar refractivity (Wildman–Crippen MR) is 124 cm³/mol. The lowest BCUT2D eigenvalue weighted by molar-refractivity contribution is -0.137. The second-order valence-electron chi connectivity index (χ2n) is 8.21. The van der Waals surface area contributed by atoms with Crippen molar-refractivity contribution in [3.63, 3.8) is 0 Å². The Kier molecular flexibility index (Phi) is 6.85. The summed E-state index contributed by atoms with van der Waals surface area (Å²) in [5, 5.41) is 9.59. The fourth-order valence-corrected chi connectivity index (χ4v) is 4.32. The highest BCUT2D eigenvalue weighted by atomic mass is 35.5. The lowest BCUT2D eigenvalue weighted by Crippen LogP contribution is -2.08. The van der Waals surface area contributed by atoms with Crippen LogP contribution in [0.1, 0.15) is 57.7 Å². The van der Waals surface area contributed by atoms with Crippen molar-refractivity contribution in [2.75, 3.05) is 0 Å². The third kappa shape index (κ3) is 5.32. The Balaban J connectivity index is 1.80. The minimum atomic E-state index is -4.56. The van der Waals surface area contributed by atoms with Crippen molar-refractivity contribution in [1.29, 1.82) is 0 Å². The van der Waals surface area contributed by atoms with Gasteiger partial charge in [-0.2, -0.15) is 13.2 Å². The summed E-state index contributed by atoms with van der Waals surface area (Å²) >= 11 is 6.07. The van der Waals surface area contributed by atoms with Crippen LogP contribution < -0.4 is 4.74 Å². The van der Waals surface area contributed by atoms with Gasteiger partial charge in [-0.25, -0.2) is 14.2 Å². The van der Waals surface area contributed by atoms with Crippen molar-refractivity contribution in [1.82, 2.24) is 4.98 Å². The molecule has 0 saturated carbocycles. The monoisotopic (exact) mass is 505 g/mol. The number of carboxylic acids is 1. The minimum Gasteiger partial charge on any atom is -0.488 e. The molecule has 1 N–H and O–H groups in total. The van der Waals surface area contributed by atoms with Crippen molar-refractivity contribution < 1.29 is 32.2 Å². The quantitative estimate of drug-likeness (QED) is 0.351. The van der Waals surface area contributed by atoms with Gasteiger partial charge in [0, 0.05) is 11.1 Å². The molecular weight excluding hydrogens is 486 g/mol. The number of hydrogen-bond donors (Lipinski definition) is 1. The van der Waals surface area contributed by atoms with E-state index in [1.54, 1.807) is 19.1 Å². The third-order valence-corrected chi connectivity index (χ3v) is 6.21. The molecule has 35 heavy (non-hydrogen) atoms. The van der Waals surface area contributed by atoms with Crippen molar-refractivity contribution in [3.05, 3.63) is 93.0 Å². The molecule has 0 bridgehead atoms.